The molecular formula is C12H21NO4. The molecule has 0 amide bonds. The summed E-state index contributed by atoms with van der Waals surface area (Å²) >= 11 is 0. The van der Waals surface area contributed by atoms with Gasteiger partial charge in [-0.25, -0.2) is 0 Å². The van der Waals surface area contributed by atoms with E-state index in [0.717, 1.165) is 25.7 Å². The number of ether oxygens (including phenoxy) is 2. The first-order chi connectivity index (χ1) is 8.11. The monoisotopic (exact) mass is 243 g/mol. The first-order valence-corrected chi connectivity index (χ1v) is 6.31. The zero-order valence-corrected chi connectivity index (χ0v) is 10.4. The van der Waals surface area contributed by atoms with E-state index in [1.165, 1.54) is 0 Å². The van der Waals surface area contributed by atoms with Crippen LogP contribution in [0.1, 0.15) is 32.1 Å². The summed E-state index contributed by atoms with van der Waals surface area (Å²) in [5.41, 5.74) is 0. The van der Waals surface area contributed by atoms with Gasteiger partial charge in [-0.2, -0.15) is 0 Å². The molecule has 1 aliphatic carbocycles. The highest BCUT2D eigenvalue weighted by Gasteiger charge is 2.40. The Morgan fingerprint density at radius 2 is 1.94 bits per heavy atom. The van der Waals surface area contributed by atoms with Gasteiger partial charge in [-0.3, -0.25) is 4.79 Å². The van der Waals surface area contributed by atoms with Gasteiger partial charge in [0, 0.05) is 25.4 Å². The first kappa shape index (κ1) is 12.8. The minimum atomic E-state index is -0.730. The number of nitrogens with zero attached hydrogens (tertiary/aromatic N) is 1. The third kappa shape index (κ3) is 3.18. The Morgan fingerprint density at radius 3 is 2.47 bits per heavy atom. The van der Waals surface area contributed by atoms with Gasteiger partial charge in [-0.1, -0.05) is 0 Å². The summed E-state index contributed by atoms with van der Waals surface area (Å²) in [4.78, 5) is 12.7. The molecule has 0 aromatic carbocycles. The molecule has 0 aromatic rings. The van der Waals surface area contributed by atoms with Gasteiger partial charge in [0.05, 0.1) is 19.6 Å². The van der Waals surface area contributed by atoms with Crippen LogP contribution in [0.4, 0.5) is 0 Å². The number of carboxylic acid groups (broad SMARTS) is 1. The van der Waals surface area contributed by atoms with Crippen molar-refractivity contribution in [2.45, 2.75) is 43.9 Å². The van der Waals surface area contributed by atoms with Crippen molar-refractivity contribution in [1.29, 1.82) is 0 Å². The molecule has 1 saturated carbocycles. The predicted octanol–water partition coefficient (Wildman–Crippen LogP) is 1.08. The van der Waals surface area contributed by atoms with Gasteiger partial charge in [0.25, 0.3) is 0 Å². The van der Waals surface area contributed by atoms with Gasteiger partial charge in [-0.15, -0.1) is 0 Å². The lowest BCUT2D eigenvalue weighted by Crippen LogP contribution is -2.43. The van der Waals surface area contributed by atoms with Gasteiger partial charge in [0.1, 0.15) is 0 Å². The number of aliphatic carboxylic acids is 1. The molecule has 2 aliphatic rings. The number of carbonyl (C=O) groups is 1. The highest BCUT2D eigenvalue weighted by atomic mass is 16.7. The smallest absolute Gasteiger partial charge is 0.304 e. The van der Waals surface area contributed by atoms with Crippen LogP contribution in [-0.4, -0.2) is 54.6 Å². The average molecular weight is 243 g/mol. The number of hydrogen-bond donors (Lipinski definition) is 1. The van der Waals surface area contributed by atoms with E-state index in [0.29, 0.717) is 25.8 Å². The molecule has 1 aliphatic heterocycles. The van der Waals surface area contributed by atoms with Crippen LogP contribution in [0.25, 0.3) is 0 Å². The molecule has 1 spiro atoms. The van der Waals surface area contributed by atoms with Crippen LogP contribution in [0.2, 0.25) is 0 Å². The summed E-state index contributed by atoms with van der Waals surface area (Å²) in [6, 6.07) is 0.466. The van der Waals surface area contributed by atoms with Crippen molar-refractivity contribution in [3.8, 4) is 0 Å². The Balaban J connectivity index is 1.76. The lowest BCUT2D eigenvalue weighted by atomic mass is 9.89. The van der Waals surface area contributed by atoms with Crippen LogP contribution < -0.4 is 0 Å². The maximum absolute atomic E-state index is 10.5. The molecule has 5 heteroatoms. The molecule has 1 heterocycles. The minimum Gasteiger partial charge on any atom is -0.481 e. The Hall–Kier alpha value is -0.650. The second-order valence-corrected chi connectivity index (χ2v) is 4.96. The largest absolute Gasteiger partial charge is 0.481 e. The Kier molecular flexibility index (Phi) is 4.01. The van der Waals surface area contributed by atoms with Crippen molar-refractivity contribution in [1.82, 2.24) is 4.90 Å². The fraction of sp³-hybridized carbons (Fsp3) is 0.917. The molecule has 0 unspecified atom stereocenters. The molecular weight excluding hydrogens is 222 g/mol. The van der Waals surface area contributed by atoms with Crippen molar-refractivity contribution in [3.63, 3.8) is 0 Å². The minimum absolute atomic E-state index is 0.213. The topological polar surface area (TPSA) is 59.0 Å². The lowest BCUT2D eigenvalue weighted by molar-refractivity contribution is -0.183. The molecule has 0 aromatic heterocycles. The highest BCUT2D eigenvalue weighted by molar-refractivity contribution is 5.66. The normalized spacial score (nSPS) is 24.6. The second kappa shape index (κ2) is 5.33. The van der Waals surface area contributed by atoms with Crippen molar-refractivity contribution in [2.75, 3.05) is 26.8 Å². The molecule has 0 radical (unpaired) electrons. The number of rotatable bonds is 4. The summed E-state index contributed by atoms with van der Waals surface area (Å²) in [6.07, 6.45) is 4.11. The van der Waals surface area contributed by atoms with E-state index in [1.807, 2.05) is 7.05 Å². The molecule has 1 saturated heterocycles. The maximum Gasteiger partial charge on any atom is 0.304 e. The predicted molar refractivity (Wildman–Crippen MR) is 61.8 cm³/mol. The van der Waals surface area contributed by atoms with E-state index < -0.39 is 5.97 Å². The van der Waals surface area contributed by atoms with Gasteiger partial charge >= 0.3 is 5.97 Å². The van der Waals surface area contributed by atoms with Crippen LogP contribution >= 0.6 is 0 Å². The average Bonchev–Trinajstić information content (AvgIpc) is 2.75. The summed E-state index contributed by atoms with van der Waals surface area (Å²) in [7, 11) is 2.00. The molecule has 98 valence electrons. The van der Waals surface area contributed by atoms with Crippen molar-refractivity contribution in [3.05, 3.63) is 0 Å². The number of carboxylic acids is 1. The van der Waals surface area contributed by atoms with E-state index in [4.69, 9.17) is 14.6 Å². The summed E-state index contributed by atoms with van der Waals surface area (Å²) in [6.45, 7) is 2.04. The van der Waals surface area contributed by atoms with E-state index in [1.54, 1.807) is 0 Å². The molecule has 5 nitrogen and oxygen atoms in total. The third-order valence-corrected chi connectivity index (χ3v) is 3.83. The van der Waals surface area contributed by atoms with Gasteiger partial charge < -0.3 is 19.5 Å². The molecule has 2 rings (SSSR count). The summed E-state index contributed by atoms with van der Waals surface area (Å²) < 4.78 is 11.3. The summed E-state index contributed by atoms with van der Waals surface area (Å²) in [5, 5.41) is 8.66. The zero-order chi connectivity index (χ0) is 12.3. The van der Waals surface area contributed by atoms with Crippen molar-refractivity contribution in [2.24, 2.45) is 0 Å². The van der Waals surface area contributed by atoms with Crippen LogP contribution in [0.15, 0.2) is 0 Å². The zero-order valence-electron chi connectivity index (χ0n) is 10.4. The molecule has 17 heavy (non-hydrogen) atoms. The van der Waals surface area contributed by atoms with Crippen LogP contribution in [0, 0.1) is 0 Å². The Labute approximate surface area is 102 Å². The van der Waals surface area contributed by atoms with Crippen molar-refractivity contribution >= 4 is 5.97 Å². The quantitative estimate of drug-likeness (QED) is 0.800. The molecule has 0 bridgehead atoms. The van der Waals surface area contributed by atoms with Crippen LogP contribution in [0.5, 0.6) is 0 Å². The van der Waals surface area contributed by atoms with Gasteiger partial charge in [0.15, 0.2) is 5.79 Å². The fourth-order valence-corrected chi connectivity index (χ4v) is 2.72. The first-order valence-electron chi connectivity index (χ1n) is 6.31. The van der Waals surface area contributed by atoms with E-state index in [-0.39, 0.29) is 12.2 Å². The maximum atomic E-state index is 10.5. The van der Waals surface area contributed by atoms with Gasteiger partial charge in [-0.05, 0) is 19.9 Å². The lowest BCUT2D eigenvalue weighted by Gasteiger charge is -2.38. The third-order valence-electron chi connectivity index (χ3n) is 3.83. The van der Waals surface area contributed by atoms with Crippen LogP contribution in [0.3, 0.4) is 0 Å². The Morgan fingerprint density at radius 1 is 1.35 bits per heavy atom. The standard InChI is InChI=1S/C12H21NO4/c1-13(7-4-11(14)15)10-2-5-12(6-3-10)16-8-9-17-12/h10H,2-9H2,1H3,(H,14,15). The second-order valence-electron chi connectivity index (χ2n) is 4.96. The molecule has 0 atom stereocenters. The van der Waals surface area contributed by atoms with Crippen LogP contribution in [-0.2, 0) is 14.3 Å². The summed E-state index contributed by atoms with van der Waals surface area (Å²) in [5.74, 6) is -1.05. The number of hydrogen-bond acceptors (Lipinski definition) is 4. The molecule has 1 N–H and O–H groups in total. The Bertz CT molecular complexity index is 266. The SMILES string of the molecule is CN(CCC(=O)O)C1CCC2(CC1)OCCO2. The highest BCUT2D eigenvalue weighted by Crippen LogP contribution is 2.36. The fourth-order valence-electron chi connectivity index (χ4n) is 2.72. The van der Waals surface area contributed by atoms with E-state index in [2.05, 4.69) is 4.90 Å². The van der Waals surface area contributed by atoms with Crippen molar-refractivity contribution < 1.29 is 19.4 Å². The van der Waals surface area contributed by atoms with E-state index in [9.17, 15) is 4.79 Å². The van der Waals surface area contributed by atoms with Gasteiger partial charge in [0.2, 0.25) is 0 Å². The van der Waals surface area contributed by atoms with E-state index >= 15 is 0 Å². The molecule has 2 fully saturated rings.